The molecule has 23 heavy (non-hydrogen) atoms. The van der Waals surface area contributed by atoms with Crippen LogP contribution in [-0.4, -0.2) is 27.1 Å². The van der Waals surface area contributed by atoms with E-state index in [4.69, 9.17) is 0 Å². The zero-order valence-corrected chi connectivity index (χ0v) is 11.8. The Morgan fingerprint density at radius 1 is 1.39 bits per heavy atom. The minimum atomic E-state index is -2.91. The average Bonchev–Trinajstić information content (AvgIpc) is 2.88. The van der Waals surface area contributed by atoms with Gasteiger partial charge in [0.15, 0.2) is 0 Å². The van der Waals surface area contributed by atoms with Crippen molar-refractivity contribution in [3.8, 4) is 5.75 Å². The van der Waals surface area contributed by atoms with Crippen LogP contribution in [0.5, 0.6) is 5.75 Å². The van der Waals surface area contributed by atoms with Crippen molar-refractivity contribution in [1.82, 2.24) is 9.78 Å². The van der Waals surface area contributed by atoms with Crippen molar-refractivity contribution in [3.05, 3.63) is 57.9 Å². The first kappa shape index (κ1) is 16.3. The maximum absolute atomic E-state index is 12.0. The SMILES string of the molecule is Cn1cc([N+](=O)[O-])c(C(=O)/C=C/c2ccc(OC(F)F)cc2)n1. The number of aryl methyl sites for hydroxylation is 1. The number of hydrogen-bond acceptors (Lipinski definition) is 5. The number of ether oxygens (including phenoxy) is 1. The molecule has 0 fully saturated rings. The van der Waals surface area contributed by atoms with Gasteiger partial charge >= 0.3 is 12.3 Å². The Hall–Kier alpha value is -3.10. The molecule has 0 aliphatic carbocycles. The normalized spacial score (nSPS) is 11.1. The highest BCUT2D eigenvalue weighted by molar-refractivity contribution is 6.07. The smallest absolute Gasteiger partial charge is 0.387 e. The first-order chi connectivity index (χ1) is 10.9. The second-order valence-corrected chi connectivity index (χ2v) is 4.44. The predicted molar refractivity (Wildman–Crippen MR) is 76.3 cm³/mol. The number of carbonyl (C=O) groups is 1. The molecule has 0 amide bonds. The highest BCUT2D eigenvalue weighted by Gasteiger charge is 2.22. The van der Waals surface area contributed by atoms with Crippen molar-refractivity contribution in [2.45, 2.75) is 6.61 Å². The lowest BCUT2D eigenvalue weighted by molar-refractivity contribution is -0.385. The number of rotatable bonds is 6. The molecule has 0 aliphatic heterocycles. The molecule has 1 aromatic heterocycles. The molecule has 2 rings (SSSR count). The van der Waals surface area contributed by atoms with Gasteiger partial charge in [0.05, 0.1) is 4.92 Å². The molecule has 0 unspecified atom stereocenters. The van der Waals surface area contributed by atoms with E-state index in [0.29, 0.717) is 5.56 Å². The van der Waals surface area contributed by atoms with Crippen molar-refractivity contribution in [2.75, 3.05) is 0 Å². The molecule has 0 N–H and O–H groups in total. The van der Waals surface area contributed by atoms with Crippen LogP contribution in [0.1, 0.15) is 16.1 Å². The van der Waals surface area contributed by atoms with E-state index in [1.54, 1.807) is 0 Å². The zero-order valence-electron chi connectivity index (χ0n) is 11.8. The lowest BCUT2D eigenvalue weighted by atomic mass is 10.1. The van der Waals surface area contributed by atoms with Crippen molar-refractivity contribution in [3.63, 3.8) is 0 Å². The summed E-state index contributed by atoms with van der Waals surface area (Å²) in [6.45, 7) is -2.91. The first-order valence-corrected chi connectivity index (χ1v) is 6.32. The summed E-state index contributed by atoms with van der Waals surface area (Å²) in [6.07, 6.45) is 3.66. The Balaban J connectivity index is 2.14. The van der Waals surface area contributed by atoms with Gasteiger partial charge in [0, 0.05) is 7.05 Å². The molecule has 0 spiro atoms. The van der Waals surface area contributed by atoms with Crippen LogP contribution in [0, 0.1) is 10.1 Å². The number of carbonyl (C=O) groups excluding carboxylic acids is 1. The Kier molecular flexibility index (Phi) is 4.79. The Morgan fingerprint density at radius 3 is 2.61 bits per heavy atom. The summed E-state index contributed by atoms with van der Waals surface area (Å²) in [5.41, 5.74) is -0.118. The fourth-order valence-corrected chi connectivity index (χ4v) is 1.80. The van der Waals surface area contributed by atoms with E-state index in [2.05, 4.69) is 9.84 Å². The van der Waals surface area contributed by atoms with E-state index in [9.17, 15) is 23.7 Å². The van der Waals surface area contributed by atoms with Crippen LogP contribution >= 0.6 is 0 Å². The molecular weight excluding hydrogens is 312 g/mol. The van der Waals surface area contributed by atoms with Crippen molar-refractivity contribution in [2.24, 2.45) is 7.05 Å². The van der Waals surface area contributed by atoms with Gasteiger partial charge in [-0.05, 0) is 23.8 Å². The lowest BCUT2D eigenvalue weighted by Gasteiger charge is -2.03. The summed E-state index contributed by atoms with van der Waals surface area (Å²) in [7, 11) is 1.47. The molecule has 2 aromatic rings. The van der Waals surface area contributed by atoms with Gasteiger partial charge < -0.3 is 4.74 Å². The van der Waals surface area contributed by atoms with Crippen LogP contribution in [0.3, 0.4) is 0 Å². The molecule has 0 atom stereocenters. The van der Waals surface area contributed by atoms with E-state index in [-0.39, 0.29) is 17.1 Å². The first-order valence-electron chi connectivity index (χ1n) is 6.32. The van der Waals surface area contributed by atoms with Crippen LogP contribution in [0.25, 0.3) is 6.08 Å². The molecule has 120 valence electrons. The fourth-order valence-electron chi connectivity index (χ4n) is 1.80. The van der Waals surface area contributed by atoms with Crippen molar-refractivity contribution < 1.29 is 23.2 Å². The summed E-state index contributed by atoms with van der Waals surface area (Å²) in [4.78, 5) is 22.1. The molecular formula is C14H11F2N3O4. The minimum Gasteiger partial charge on any atom is -0.435 e. The third kappa shape index (κ3) is 4.19. The summed E-state index contributed by atoms with van der Waals surface area (Å²) >= 11 is 0. The Morgan fingerprint density at radius 2 is 2.04 bits per heavy atom. The average molecular weight is 323 g/mol. The van der Waals surface area contributed by atoms with Gasteiger partial charge in [0.1, 0.15) is 11.9 Å². The molecule has 0 aliphatic rings. The highest BCUT2D eigenvalue weighted by atomic mass is 19.3. The number of allylic oxidation sites excluding steroid dienone is 1. The largest absolute Gasteiger partial charge is 0.435 e. The van der Waals surface area contributed by atoms with Crippen molar-refractivity contribution >= 4 is 17.5 Å². The topological polar surface area (TPSA) is 87.3 Å². The van der Waals surface area contributed by atoms with E-state index in [1.807, 2.05) is 0 Å². The zero-order chi connectivity index (χ0) is 17.0. The maximum Gasteiger partial charge on any atom is 0.387 e. The van der Waals surface area contributed by atoms with Gasteiger partial charge in [-0.2, -0.15) is 13.9 Å². The summed E-state index contributed by atoms with van der Waals surface area (Å²) < 4.78 is 29.4. The predicted octanol–water partition coefficient (Wildman–Crippen LogP) is 2.83. The summed E-state index contributed by atoms with van der Waals surface area (Å²) in [5.74, 6) is -0.644. The second-order valence-electron chi connectivity index (χ2n) is 4.44. The third-order valence-corrected chi connectivity index (χ3v) is 2.77. The van der Waals surface area contributed by atoms with E-state index < -0.39 is 17.3 Å². The molecule has 0 saturated carbocycles. The van der Waals surface area contributed by atoms with Gasteiger partial charge in [-0.15, -0.1) is 0 Å². The fraction of sp³-hybridized carbons (Fsp3) is 0.143. The van der Waals surface area contributed by atoms with E-state index in [1.165, 1.54) is 42.1 Å². The van der Waals surface area contributed by atoms with E-state index in [0.717, 1.165) is 12.3 Å². The maximum atomic E-state index is 12.0. The van der Waals surface area contributed by atoms with Gasteiger partial charge in [-0.25, -0.2) is 0 Å². The number of alkyl halides is 2. The summed E-state index contributed by atoms with van der Waals surface area (Å²) in [5, 5.41) is 14.6. The number of aromatic nitrogens is 2. The van der Waals surface area contributed by atoms with Gasteiger partial charge in [0.25, 0.3) is 0 Å². The molecule has 9 heteroatoms. The van der Waals surface area contributed by atoms with Crippen LogP contribution in [0.15, 0.2) is 36.5 Å². The van der Waals surface area contributed by atoms with Crippen LogP contribution < -0.4 is 4.74 Å². The van der Waals surface area contributed by atoms with Gasteiger partial charge in [0.2, 0.25) is 11.5 Å². The molecule has 0 bridgehead atoms. The molecule has 1 aromatic carbocycles. The monoisotopic (exact) mass is 323 g/mol. The highest BCUT2D eigenvalue weighted by Crippen LogP contribution is 2.18. The molecule has 1 heterocycles. The van der Waals surface area contributed by atoms with Crippen molar-refractivity contribution in [1.29, 1.82) is 0 Å². The summed E-state index contributed by atoms with van der Waals surface area (Å²) in [6, 6.07) is 5.57. The number of nitro groups is 1. The number of nitrogens with zero attached hydrogens (tertiary/aromatic N) is 3. The quantitative estimate of drug-likeness (QED) is 0.353. The number of hydrogen-bond donors (Lipinski definition) is 0. The number of benzene rings is 1. The molecule has 0 saturated heterocycles. The van der Waals surface area contributed by atoms with Crippen LogP contribution in [0.4, 0.5) is 14.5 Å². The molecule has 0 radical (unpaired) electrons. The van der Waals surface area contributed by atoms with Gasteiger partial charge in [-0.1, -0.05) is 18.2 Å². The van der Waals surface area contributed by atoms with Crippen LogP contribution in [0.2, 0.25) is 0 Å². The molecule has 7 nitrogen and oxygen atoms in total. The van der Waals surface area contributed by atoms with E-state index >= 15 is 0 Å². The van der Waals surface area contributed by atoms with Crippen LogP contribution in [-0.2, 0) is 7.05 Å². The second kappa shape index (κ2) is 6.77. The third-order valence-electron chi connectivity index (χ3n) is 2.77. The lowest BCUT2D eigenvalue weighted by Crippen LogP contribution is -2.01. The Labute approximate surface area is 128 Å². The number of halogens is 2. The Bertz CT molecular complexity index is 754. The number of ketones is 1. The van der Waals surface area contributed by atoms with Gasteiger partial charge in [-0.3, -0.25) is 19.6 Å². The minimum absolute atomic E-state index is 0.0103. The standard InChI is InChI=1S/C14H11F2N3O4/c1-18-8-11(19(21)22)13(17-18)12(20)7-4-9-2-5-10(6-3-9)23-14(15)16/h2-8,14H,1H3/b7-4+.